The molecule has 2 aromatic rings. The van der Waals surface area contributed by atoms with Gasteiger partial charge in [0.05, 0.1) is 17.3 Å². The maximum Gasteiger partial charge on any atom is 0.161 e. The fourth-order valence-electron chi connectivity index (χ4n) is 1.82. The van der Waals surface area contributed by atoms with Crippen molar-refractivity contribution >= 4 is 33.2 Å². The van der Waals surface area contributed by atoms with E-state index < -0.39 is 0 Å². The maximum atomic E-state index is 6.11. The first-order valence-corrected chi connectivity index (χ1v) is 7.91. The van der Waals surface area contributed by atoms with Gasteiger partial charge in [0.1, 0.15) is 6.61 Å². The molecule has 0 radical (unpaired) electrons. The third kappa shape index (κ3) is 4.83. The molecule has 0 aliphatic heterocycles. The molecule has 0 fully saturated rings. The summed E-state index contributed by atoms with van der Waals surface area (Å²) in [6.07, 6.45) is 0. The largest absolute Gasteiger partial charge is 0.490 e. The van der Waals surface area contributed by atoms with Crippen molar-refractivity contribution in [1.82, 2.24) is 0 Å². The van der Waals surface area contributed by atoms with Crippen molar-refractivity contribution in [3.63, 3.8) is 0 Å². The van der Waals surface area contributed by atoms with Gasteiger partial charge in [0.25, 0.3) is 0 Å². The van der Waals surface area contributed by atoms with E-state index >= 15 is 0 Å². The molecular formula is C16H17BrClNO2. The molecule has 1 N–H and O–H groups in total. The van der Waals surface area contributed by atoms with Gasteiger partial charge in [0.2, 0.25) is 0 Å². The molecule has 0 aliphatic carbocycles. The van der Waals surface area contributed by atoms with Crippen molar-refractivity contribution in [2.24, 2.45) is 0 Å². The van der Waals surface area contributed by atoms with Crippen molar-refractivity contribution in [3.8, 4) is 11.5 Å². The summed E-state index contributed by atoms with van der Waals surface area (Å²) in [6.45, 7) is 3.74. The Labute approximate surface area is 138 Å². The summed E-state index contributed by atoms with van der Waals surface area (Å²) in [5.41, 5.74) is 0.882. The fraction of sp³-hybridized carbons (Fsp3) is 0.250. The van der Waals surface area contributed by atoms with E-state index in [1.807, 2.05) is 49.4 Å². The first kappa shape index (κ1) is 16.0. The second kappa shape index (κ2) is 8.15. The quantitative estimate of drug-likeness (QED) is 0.696. The van der Waals surface area contributed by atoms with Crippen LogP contribution in [0.15, 0.2) is 46.9 Å². The lowest BCUT2D eigenvalue weighted by atomic mass is 10.3. The standard InChI is InChI=1S/C16H17BrClNO2/c1-2-20-15-5-3-4-6-16(15)21-10-9-19-14-11-12(17)7-8-13(14)18/h3-8,11,19H,2,9-10H2,1H3. The lowest BCUT2D eigenvalue weighted by molar-refractivity contribution is 0.284. The van der Waals surface area contributed by atoms with Gasteiger partial charge in [0, 0.05) is 11.0 Å². The summed E-state index contributed by atoms with van der Waals surface area (Å²) in [7, 11) is 0. The predicted molar refractivity (Wildman–Crippen MR) is 90.7 cm³/mol. The lowest BCUT2D eigenvalue weighted by Crippen LogP contribution is -2.12. The van der Waals surface area contributed by atoms with Gasteiger partial charge in [-0.2, -0.15) is 0 Å². The van der Waals surface area contributed by atoms with Gasteiger partial charge >= 0.3 is 0 Å². The van der Waals surface area contributed by atoms with E-state index in [4.69, 9.17) is 21.1 Å². The van der Waals surface area contributed by atoms with Gasteiger partial charge in [-0.05, 0) is 37.3 Å². The first-order valence-electron chi connectivity index (χ1n) is 6.74. The second-order valence-electron chi connectivity index (χ2n) is 4.28. The van der Waals surface area contributed by atoms with Crippen LogP contribution < -0.4 is 14.8 Å². The van der Waals surface area contributed by atoms with Crippen LogP contribution in [0.1, 0.15) is 6.92 Å². The van der Waals surface area contributed by atoms with Gasteiger partial charge in [-0.25, -0.2) is 0 Å². The van der Waals surface area contributed by atoms with Crippen molar-refractivity contribution < 1.29 is 9.47 Å². The van der Waals surface area contributed by atoms with E-state index in [1.165, 1.54) is 0 Å². The molecule has 2 rings (SSSR count). The Balaban J connectivity index is 1.86. The number of rotatable bonds is 7. The number of nitrogens with one attached hydrogen (secondary N) is 1. The van der Waals surface area contributed by atoms with Gasteiger partial charge < -0.3 is 14.8 Å². The molecule has 0 heterocycles. The fourth-order valence-corrected chi connectivity index (χ4v) is 2.37. The Morgan fingerprint density at radius 3 is 2.52 bits per heavy atom. The number of hydrogen-bond donors (Lipinski definition) is 1. The Morgan fingerprint density at radius 1 is 1.10 bits per heavy atom. The van der Waals surface area contributed by atoms with Gasteiger partial charge in [-0.15, -0.1) is 0 Å². The third-order valence-electron chi connectivity index (χ3n) is 2.75. The molecule has 21 heavy (non-hydrogen) atoms. The van der Waals surface area contributed by atoms with E-state index in [1.54, 1.807) is 0 Å². The summed E-state index contributed by atoms with van der Waals surface area (Å²) >= 11 is 9.54. The SMILES string of the molecule is CCOc1ccccc1OCCNc1cc(Br)ccc1Cl. The van der Waals surface area contributed by atoms with Crippen LogP contribution in [0, 0.1) is 0 Å². The van der Waals surface area contributed by atoms with E-state index in [2.05, 4.69) is 21.2 Å². The van der Waals surface area contributed by atoms with E-state index in [0.717, 1.165) is 21.7 Å². The number of para-hydroxylation sites is 2. The van der Waals surface area contributed by atoms with Crippen LogP contribution in [-0.2, 0) is 0 Å². The molecule has 0 unspecified atom stereocenters. The van der Waals surface area contributed by atoms with Crippen molar-refractivity contribution in [2.45, 2.75) is 6.92 Å². The van der Waals surface area contributed by atoms with Crippen LogP contribution in [0.3, 0.4) is 0 Å². The normalized spacial score (nSPS) is 10.2. The average Bonchev–Trinajstić information content (AvgIpc) is 2.49. The average molecular weight is 371 g/mol. The number of ether oxygens (including phenoxy) is 2. The first-order chi connectivity index (χ1) is 10.2. The van der Waals surface area contributed by atoms with E-state index in [9.17, 15) is 0 Å². The highest BCUT2D eigenvalue weighted by Crippen LogP contribution is 2.27. The molecule has 0 aromatic heterocycles. The molecule has 0 bridgehead atoms. The van der Waals surface area contributed by atoms with Gasteiger partial charge in [-0.1, -0.05) is 39.7 Å². The van der Waals surface area contributed by atoms with E-state index in [-0.39, 0.29) is 0 Å². The summed E-state index contributed by atoms with van der Waals surface area (Å²) in [6, 6.07) is 13.3. The number of hydrogen-bond acceptors (Lipinski definition) is 3. The zero-order valence-electron chi connectivity index (χ0n) is 11.7. The molecule has 0 amide bonds. The highest BCUT2D eigenvalue weighted by atomic mass is 79.9. The summed E-state index contributed by atoms with van der Waals surface area (Å²) < 4.78 is 12.2. The Hall–Kier alpha value is -1.39. The zero-order valence-corrected chi connectivity index (χ0v) is 14.1. The number of halogens is 2. The Kier molecular flexibility index (Phi) is 6.21. The zero-order chi connectivity index (χ0) is 15.1. The van der Waals surface area contributed by atoms with E-state index in [0.29, 0.717) is 24.8 Å². The molecule has 0 spiro atoms. The minimum Gasteiger partial charge on any atom is -0.490 e. The minimum absolute atomic E-state index is 0.521. The maximum absolute atomic E-state index is 6.11. The summed E-state index contributed by atoms with van der Waals surface area (Å²) in [4.78, 5) is 0. The molecule has 0 aliphatic rings. The highest BCUT2D eigenvalue weighted by molar-refractivity contribution is 9.10. The van der Waals surface area contributed by atoms with Crippen LogP contribution in [0.25, 0.3) is 0 Å². The molecule has 2 aromatic carbocycles. The number of benzene rings is 2. The monoisotopic (exact) mass is 369 g/mol. The van der Waals surface area contributed by atoms with Crippen LogP contribution in [0.4, 0.5) is 5.69 Å². The topological polar surface area (TPSA) is 30.5 Å². The molecule has 5 heteroatoms. The predicted octanol–water partition coefficient (Wildman–Crippen LogP) is 4.99. The Morgan fingerprint density at radius 2 is 1.81 bits per heavy atom. The van der Waals surface area contributed by atoms with Gasteiger partial charge in [0.15, 0.2) is 11.5 Å². The minimum atomic E-state index is 0.521. The molecular weight excluding hydrogens is 354 g/mol. The molecule has 0 saturated carbocycles. The van der Waals surface area contributed by atoms with Crippen molar-refractivity contribution in [2.75, 3.05) is 25.1 Å². The lowest BCUT2D eigenvalue weighted by Gasteiger charge is -2.13. The summed E-state index contributed by atoms with van der Waals surface area (Å²) in [5.74, 6) is 1.52. The van der Waals surface area contributed by atoms with Crippen LogP contribution >= 0.6 is 27.5 Å². The van der Waals surface area contributed by atoms with Crippen LogP contribution in [0.2, 0.25) is 5.02 Å². The highest BCUT2D eigenvalue weighted by Gasteiger charge is 2.04. The molecule has 112 valence electrons. The number of anilines is 1. The second-order valence-corrected chi connectivity index (χ2v) is 5.60. The molecule has 0 saturated heterocycles. The van der Waals surface area contributed by atoms with Crippen molar-refractivity contribution in [1.29, 1.82) is 0 Å². The summed E-state index contributed by atoms with van der Waals surface area (Å²) in [5, 5.41) is 3.94. The molecule has 3 nitrogen and oxygen atoms in total. The van der Waals surface area contributed by atoms with Crippen LogP contribution in [-0.4, -0.2) is 19.8 Å². The molecule has 0 atom stereocenters. The third-order valence-corrected chi connectivity index (χ3v) is 3.58. The van der Waals surface area contributed by atoms with Gasteiger partial charge in [-0.3, -0.25) is 0 Å². The van der Waals surface area contributed by atoms with Crippen LogP contribution in [0.5, 0.6) is 11.5 Å². The van der Waals surface area contributed by atoms with Crippen molar-refractivity contribution in [3.05, 3.63) is 52.0 Å². The smallest absolute Gasteiger partial charge is 0.161 e. The Bertz CT molecular complexity index is 592.